The zero-order chi connectivity index (χ0) is 14.8. The highest BCUT2D eigenvalue weighted by Gasteiger charge is 2.33. The Kier molecular flexibility index (Phi) is 5.96. The van der Waals surface area contributed by atoms with Crippen molar-refractivity contribution >= 4 is 49.1 Å². The van der Waals surface area contributed by atoms with Crippen LogP contribution in [0.15, 0.2) is 20.1 Å². The van der Waals surface area contributed by atoms with E-state index in [2.05, 4.69) is 20.8 Å². The van der Waals surface area contributed by atoms with Crippen LogP contribution in [0.2, 0.25) is 0 Å². The van der Waals surface area contributed by atoms with E-state index in [9.17, 15) is 8.42 Å². The SMILES string of the molecule is CN(C)C[C@H]1CSCCCN1S(=O)(=O)c1ccc(Br)s1. The predicted octanol–water partition coefficient (Wildman–Crippen LogP) is 2.57. The van der Waals surface area contributed by atoms with Gasteiger partial charge in [0.25, 0.3) is 10.0 Å². The topological polar surface area (TPSA) is 40.6 Å². The smallest absolute Gasteiger partial charge is 0.252 e. The van der Waals surface area contributed by atoms with Crippen molar-refractivity contribution in [1.82, 2.24) is 9.21 Å². The third-order valence-electron chi connectivity index (χ3n) is 3.07. The van der Waals surface area contributed by atoms with E-state index in [-0.39, 0.29) is 6.04 Å². The summed E-state index contributed by atoms with van der Waals surface area (Å²) < 4.78 is 28.6. The van der Waals surface area contributed by atoms with Crippen molar-refractivity contribution in [3.63, 3.8) is 0 Å². The Hall–Kier alpha value is 0.400. The zero-order valence-electron chi connectivity index (χ0n) is 11.6. The molecule has 1 aromatic rings. The van der Waals surface area contributed by atoms with Crippen LogP contribution in [0.5, 0.6) is 0 Å². The molecule has 0 aromatic carbocycles. The summed E-state index contributed by atoms with van der Waals surface area (Å²) in [5.74, 6) is 1.90. The standard InChI is InChI=1S/C12H19BrN2O2S3/c1-14(2)8-10-9-18-7-3-6-15(10)20(16,17)12-5-4-11(13)19-12/h4-5,10H,3,6-9H2,1-2H3/t10-/m0/s1. The lowest BCUT2D eigenvalue weighted by molar-refractivity contribution is 0.271. The maximum absolute atomic E-state index is 12.8. The zero-order valence-corrected chi connectivity index (χ0v) is 15.6. The Balaban J connectivity index is 2.29. The fourth-order valence-corrected chi connectivity index (χ4v) is 7.19. The van der Waals surface area contributed by atoms with Crippen LogP contribution in [0.3, 0.4) is 0 Å². The Labute approximate surface area is 137 Å². The van der Waals surface area contributed by atoms with Gasteiger partial charge in [0.15, 0.2) is 0 Å². The molecular weight excluding hydrogens is 380 g/mol. The molecule has 1 atom stereocenters. The molecule has 20 heavy (non-hydrogen) atoms. The van der Waals surface area contributed by atoms with Gasteiger partial charge in [0.1, 0.15) is 4.21 Å². The minimum absolute atomic E-state index is 0.0448. The van der Waals surface area contributed by atoms with Crippen LogP contribution < -0.4 is 0 Å². The van der Waals surface area contributed by atoms with Crippen molar-refractivity contribution < 1.29 is 8.42 Å². The van der Waals surface area contributed by atoms with E-state index in [0.717, 1.165) is 28.3 Å². The number of thiophene rings is 1. The predicted molar refractivity (Wildman–Crippen MR) is 90.2 cm³/mol. The van der Waals surface area contributed by atoms with Crippen LogP contribution in [-0.2, 0) is 10.0 Å². The fourth-order valence-electron chi connectivity index (χ4n) is 2.24. The van der Waals surface area contributed by atoms with Crippen molar-refractivity contribution in [1.29, 1.82) is 0 Å². The number of likely N-dealkylation sites (N-methyl/N-ethyl adjacent to an activating group) is 1. The first kappa shape index (κ1) is 16.8. The minimum atomic E-state index is -3.38. The third-order valence-corrected chi connectivity index (χ3v) is 8.31. The van der Waals surface area contributed by atoms with Crippen LogP contribution in [0.1, 0.15) is 6.42 Å². The summed E-state index contributed by atoms with van der Waals surface area (Å²) in [5, 5.41) is 0. The Bertz CT molecular complexity index is 545. The van der Waals surface area contributed by atoms with Crippen molar-refractivity contribution in [2.75, 3.05) is 38.7 Å². The maximum atomic E-state index is 12.8. The minimum Gasteiger partial charge on any atom is -0.308 e. The molecule has 0 spiro atoms. The summed E-state index contributed by atoms with van der Waals surface area (Å²) in [7, 11) is 0.599. The van der Waals surface area contributed by atoms with Gasteiger partial charge in [0.05, 0.1) is 3.79 Å². The Morgan fingerprint density at radius 3 is 2.80 bits per heavy atom. The molecule has 0 amide bonds. The van der Waals surface area contributed by atoms with Gasteiger partial charge in [-0.3, -0.25) is 0 Å². The Morgan fingerprint density at radius 1 is 1.45 bits per heavy atom. The summed E-state index contributed by atoms with van der Waals surface area (Å²) in [5.41, 5.74) is 0. The average Bonchev–Trinajstić information content (AvgIpc) is 2.66. The van der Waals surface area contributed by atoms with Gasteiger partial charge < -0.3 is 4.90 Å². The molecule has 1 aromatic heterocycles. The average molecular weight is 399 g/mol. The van der Waals surface area contributed by atoms with Gasteiger partial charge in [0.2, 0.25) is 0 Å². The summed E-state index contributed by atoms with van der Waals surface area (Å²) >= 11 is 6.47. The number of hydrogen-bond donors (Lipinski definition) is 0. The van der Waals surface area contributed by atoms with Gasteiger partial charge in [-0.25, -0.2) is 8.42 Å². The van der Waals surface area contributed by atoms with E-state index in [1.165, 1.54) is 11.3 Å². The molecule has 0 bridgehead atoms. The fraction of sp³-hybridized carbons (Fsp3) is 0.667. The number of sulfonamides is 1. The second kappa shape index (κ2) is 7.11. The van der Waals surface area contributed by atoms with Crippen LogP contribution in [0.4, 0.5) is 0 Å². The molecule has 0 unspecified atom stereocenters. The monoisotopic (exact) mass is 398 g/mol. The molecule has 4 nitrogen and oxygen atoms in total. The number of nitrogens with zero attached hydrogens (tertiary/aromatic N) is 2. The van der Waals surface area contributed by atoms with Gasteiger partial charge in [-0.05, 0) is 54.3 Å². The molecule has 1 fully saturated rings. The number of hydrogen-bond acceptors (Lipinski definition) is 5. The molecule has 1 aliphatic heterocycles. The first-order valence-electron chi connectivity index (χ1n) is 6.41. The number of rotatable bonds is 4. The molecule has 114 valence electrons. The molecule has 2 heterocycles. The molecule has 1 aliphatic rings. The van der Waals surface area contributed by atoms with E-state index in [1.807, 2.05) is 25.9 Å². The van der Waals surface area contributed by atoms with E-state index >= 15 is 0 Å². The summed E-state index contributed by atoms with van der Waals surface area (Å²) in [6.45, 7) is 1.38. The van der Waals surface area contributed by atoms with E-state index in [1.54, 1.807) is 16.4 Å². The Morgan fingerprint density at radius 2 is 2.20 bits per heavy atom. The quantitative estimate of drug-likeness (QED) is 0.781. The maximum Gasteiger partial charge on any atom is 0.252 e. The van der Waals surface area contributed by atoms with Crippen molar-refractivity contribution in [2.45, 2.75) is 16.7 Å². The van der Waals surface area contributed by atoms with Gasteiger partial charge in [-0.1, -0.05) is 0 Å². The lowest BCUT2D eigenvalue weighted by atomic mass is 10.3. The third kappa shape index (κ3) is 3.98. The summed E-state index contributed by atoms with van der Waals surface area (Å²) in [6, 6.07) is 3.53. The number of thioether (sulfide) groups is 1. The molecular formula is C12H19BrN2O2S3. The molecule has 0 saturated carbocycles. The van der Waals surface area contributed by atoms with Gasteiger partial charge in [-0.2, -0.15) is 16.1 Å². The molecule has 2 rings (SSSR count). The highest BCUT2D eigenvalue weighted by atomic mass is 79.9. The lowest BCUT2D eigenvalue weighted by Gasteiger charge is -2.30. The largest absolute Gasteiger partial charge is 0.308 e. The van der Waals surface area contributed by atoms with Gasteiger partial charge in [0, 0.05) is 24.9 Å². The second-order valence-corrected chi connectivity index (χ2v) is 10.7. The van der Waals surface area contributed by atoms with E-state index in [0.29, 0.717) is 10.8 Å². The highest BCUT2D eigenvalue weighted by Crippen LogP contribution is 2.31. The summed E-state index contributed by atoms with van der Waals surface area (Å²) in [4.78, 5) is 2.06. The molecule has 1 saturated heterocycles. The molecule has 0 N–H and O–H groups in total. The van der Waals surface area contributed by atoms with E-state index in [4.69, 9.17) is 0 Å². The number of halogens is 1. The van der Waals surface area contributed by atoms with E-state index < -0.39 is 10.0 Å². The van der Waals surface area contributed by atoms with Crippen LogP contribution in [0.25, 0.3) is 0 Å². The first-order valence-corrected chi connectivity index (χ1v) is 10.6. The second-order valence-electron chi connectivity index (χ2n) is 5.02. The van der Waals surface area contributed by atoms with Crippen molar-refractivity contribution in [3.05, 3.63) is 15.9 Å². The highest BCUT2D eigenvalue weighted by molar-refractivity contribution is 9.11. The van der Waals surface area contributed by atoms with Crippen LogP contribution in [-0.4, -0.2) is 62.4 Å². The van der Waals surface area contributed by atoms with Crippen LogP contribution >= 0.6 is 39.0 Å². The lowest BCUT2D eigenvalue weighted by Crippen LogP contribution is -2.46. The molecule has 0 radical (unpaired) electrons. The molecule has 8 heteroatoms. The molecule has 0 aliphatic carbocycles. The van der Waals surface area contributed by atoms with Gasteiger partial charge >= 0.3 is 0 Å². The normalized spacial score (nSPS) is 22.1. The van der Waals surface area contributed by atoms with Crippen molar-refractivity contribution in [3.8, 4) is 0 Å². The first-order chi connectivity index (χ1) is 9.41. The van der Waals surface area contributed by atoms with Gasteiger partial charge in [-0.15, -0.1) is 11.3 Å². The van der Waals surface area contributed by atoms with Crippen LogP contribution in [0, 0.1) is 0 Å². The van der Waals surface area contributed by atoms with Crippen molar-refractivity contribution in [2.24, 2.45) is 0 Å². The summed E-state index contributed by atoms with van der Waals surface area (Å²) in [6.07, 6.45) is 0.917.